The first kappa shape index (κ1) is 15.3. The SMILES string of the molecule is O=C(Cn1ccc([C@@H]2CCCNC2)n1)NCC1=CCCCC1. The number of nitrogens with one attached hydrogen (secondary N) is 2. The van der Waals surface area contributed by atoms with Crippen LogP contribution in [0.25, 0.3) is 0 Å². The van der Waals surface area contributed by atoms with Gasteiger partial charge in [0.2, 0.25) is 5.91 Å². The number of nitrogens with zero attached hydrogens (tertiary/aromatic N) is 2. The van der Waals surface area contributed by atoms with Crippen LogP contribution < -0.4 is 10.6 Å². The third-order valence-electron chi connectivity index (χ3n) is 4.58. The second-order valence-electron chi connectivity index (χ2n) is 6.37. The van der Waals surface area contributed by atoms with E-state index in [4.69, 9.17) is 0 Å². The third kappa shape index (κ3) is 4.19. The van der Waals surface area contributed by atoms with Gasteiger partial charge >= 0.3 is 0 Å². The number of hydrogen-bond donors (Lipinski definition) is 2. The van der Waals surface area contributed by atoms with Crippen molar-refractivity contribution in [2.24, 2.45) is 0 Å². The minimum Gasteiger partial charge on any atom is -0.351 e. The molecular formula is C17H26N4O. The maximum Gasteiger partial charge on any atom is 0.241 e. The van der Waals surface area contributed by atoms with E-state index in [1.165, 1.54) is 31.3 Å². The summed E-state index contributed by atoms with van der Waals surface area (Å²) >= 11 is 0. The number of rotatable bonds is 5. The average Bonchev–Trinajstić information content (AvgIpc) is 3.03. The lowest BCUT2D eigenvalue weighted by molar-refractivity contribution is -0.121. The molecule has 22 heavy (non-hydrogen) atoms. The van der Waals surface area contributed by atoms with Crippen molar-refractivity contribution < 1.29 is 4.79 Å². The molecule has 2 aliphatic rings. The highest BCUT2D eigenvalue weighted by Gasteiger charge is 2.17. The van der Waals surface area contributed by atoms with E-state index in [0.717, 1.165) is 31.6 Å². The van der Waals surface area contributed by atoms with Crippen LogP contribution in [0.4, 0.5) is 0 Å². The summed E-state index contributed by atoms with van der Waals surface area (Å²) < 4.78 is 1.76. The highest BCUT2D eigenvalue weighted by molar-refractivity contribution is 5.75. The summed E-state index contributed by atoms with van der Waals surface area (Å²) in [6.45, 7) is 3.11. The summed E-state index contributed by atoms with van der Waals surface area (Å²) in [6, 6.07) is 2.05. The predicted molar refractivity (Wildman–Crippen MR) is 86.6 cm³/mol. The highest BCUT2D eigenvalue weighted by atomic mass is 16.2. The molecule has 0 radical (unpaired) electrons. The van der Waals surface area contributed by atoms with Crippen molar-refractivity contribution in [1.29, 1.82) is 0 Å². The van der Waals surface area contributed by atoms with Gasteiger partial charge in [0.25, 0.3) is 0 Å². The molecule has 0 bridgehead atoms. The van der Waals surface area contributed by atoms with Crippen molar-refractivity contribution in [2.75, 3.05) is 19.6 Å². The van der Waals surface area contributed by atoms with E-state index in [2.05, 4.69) is 27.9 Å². The lowest BCUT2D eigenvalue weighted by Gasteiger charge is -2.20. The highest BCUT2D eigenvalue weighted by Crippen LogP contribution is 2.21. The van der Waals surface area contributed by atoms with Gasteiger partial charge in [-0.15, -0.1) is 0 Å². The molecule has 5 nitrogen and oxygen atoms in total. The molecule has 1 fully saturated rings. The number of aromatic nitrogens is 2. The summed E-state index contributed by atoms with van der Waals surface area (Å²) in [6.07, 6.45) is 11.4. The standard InChI is InChI=1S/C17H26N4O/c22-17(19-11-14-5-2-1-3-6-14)13-21-10-8-16(20-21)15-7-4-9-18-12-15/h5,8,10,15,18H,1-4,6-7,9,11-13H2,(H,19,22)/t15-/m1/s1. The Kier molecular flexibility index (Phi) is 5.27. The predicted octanol–water partition coefficient (Wildman–Crippen LogP) is 1.97. The smallest absolute Gasteiger partial charge is 0.241 e. The van der Waals surface area contributed by atoms with E-state index in [9.17, 15) is 4.79 Å². The number of hydrogen-bond acceptors (Lipinski definition) is 3. The lowest BCUT2D eigenvalue weighted by atomic mass is 9.97. The first-order chi connectivity index (χ1) is 10.8. The maximum absolute atomic E-state index is 12.0. The maximum atomic E-state index is 12.0. The molecule has 1 aromatic rings. The van der Waals surface area contributed by atoms with Gasteiger partial charge in [-0.25, -0.2) is 0 Å². The molecular weight excluding hydrogens is 276 g/mol. The second kappa shape index (κ2) is 7.58. The van der Waals surface area contributed by atoms with Gasteiger partial charge in [0.05, 0.1) is 5.69 Å². The molecule has 1 atom stereocenters. The van der Waals surface area contributed by atoms with E-state index in [1.807, 2.05) is 6.20 Å². The summed E-state index contributed by atoms with van der Waals surface area (Å²) in [5, 5.41) is 11.0. The Balaban J connectivity index is 1.47. The normalized spacial score (nSPS) is 22.2. The van der Waals surface area contributed by atoms with Crippen molar-refractivity contribution in [3.05, 3.63) is 29.6 Å². The summed E-state index contributed by atoms with van der Waals surface area (Å²) in [7, 11) is 0. The van der Waals surface area contributed by atoms with Gasteiger partial charge in [-0.1, -0.05) is 11.6 Å². The van der Waals surface area contributed by atoms with Crippen molar-refractivity contribution in [1.82, 2.24) is 20.4 Å². The monoisotopic (exact) mass is 302 g/mol. The van der Waals surface area contributed by atoms with Gasteiger partial charge in [-0.2, -0.15) is 5.10 Å². The van der Waals surface area contributed by atoms with Gasteiger partial charge in [0, 0.05) is 25.2 Å². The Morgan fingerprint density at radius 1 is 1.41 bits per heavy atom. The van der Waals surface area contributed by atoms with E-state index >= 15 is 0 Å². The Morgan fingerprint density at radius 2 is 2.36 bits per heavy atom. The first-order valence-electron chi connectivity index (χ1n) is 8.50. The second-order valence-corrected chi connectivity index (χ2v) is 6.37. The first-order valence-corrected chi connectivity index (χ1v) is 8.50. The van der Waals surface area contributed by atoms with E-state index in [0.29, 0.717) is 19.0 Å². The summed E-state index contributed by atoms with van der Waals surface area (Å²) in [4.78, 5) is 12.0. The molecule has 5 heteroatoms. The fourth-order valence-corrected chi connectivity index (χ4v) is 3.27. The molecule has 0 saturated carbocycles. The zero-order chi connectivity index (χ0) is 15.2. The third-order valence-corrected chi connectivity index (χ3v) is 4.58. The molecule has 3 rings (SSSR count). The van der Waals surface area contributed by atoms with Crippen LogP contribution in [-0.2, 0) is 11.3 Å². The molecule has 1 amide bonds. The minimum atomic E-state index is 0.0443. The van der Waals surface area contributed by atoms with Crippen LogP contribution in [0.5, 0.6) is 0 Å². The van der Waals surface area contributed by atoms with Crippen molar-refractivity contribution in [3.63, 3.8) is 0 Å². The molecule has 1 aliphatic carbocycles. The number of amides is 1. The average molecular weight is 302 g/mol. The topological polar surface area (TPSA) is 59.0 Å². The molecule has 1 aliphatic heterocycles. The van der Waals surface area contributed by atoms with Crippen molar-refractivity contribution in [3.8, 4) is 0 Å². The quantitative estimate of drug-likeness (QED) is 0.818. The van der Waals surface area contributed by atoms with Crippen LogP contribution in [-0.4, -0.2) is 35.3 Å². The molecule has 0 spiro atoms. The molecule has 0 aromatic carbocycles. The zero-order valence-corrected chi connectivity index (χ0v) is 13.2. The number of piperidine rings is 1. The minimum absolute atomic E-state index is 0.0443. The summed E-state index contributed by atoms with van der Waals surface area (Å²) in [5.74, 6) is 0.536. The van der Waals surface area contributed by atoms with Gasteiger partial charge < -0.3 is 10.6 Å². The van der Waals surface area contributed by atoms with Gasteiger partial charge in [-0.05, 0) is 51.1 Å². The molecule has 2 heterocycles. The Hall–Kier alpha value is -1.62. The Labute approximate surface area is 132 Å². The van der Waals surface area contributed by atoms with E-state index in [-0.39, 0.29) is 5.91 Å². The summed E-state index contributed by atoms with van der Waals surface area (Å²) in [5.41, 5.74) is 2.48. The Bertz CT molecular complexity index is 529. The van der Waals surface area contributed by atoms with Crippen LogP contribution >= 0.6 is 0 Å². The van der Waals surface area contributed by atoms with Crippen LogP contribution in [0.15, 0.2) is 23.9 Å². The van der Waals surface area contributed by atoms with Gasteiger partial charge in [-0.3, -0.25) is 9.48 Å². The molecule has 1 saturated heterocycles. The van der Waals surface area contributed by atoms with Gasteiger partial charge in [0.15, 0.2) is 0 Å². The molecule has 120 valence electrons. The van der Waals surface area contributed by atoms with Crippen molar-refractivity contribution >= 4 is 5.91 Å². The van der Waals surface area contributed by atoms with E-state index < -0.39 is 0 Å². The molecule has 0 unspecified atom stereocenters. The van der Waals surface area contributed by atoms with Crippen LogP contribution in [0.1, 0.15) is 50.1 Å². The molecule has 2 N–H and O–H groups in total. The fourth-order valence-electron chi connectivity index (χ4n) is 3.27. The van der Waals surface area contributed by atoms with Gasteiger partial charge in [0.1, 0.15) is 6.54 Å². The zero-order valence-electron chi connectivity index (χ0n) is 13.2. The fraction of sp³-hybridized carbons (Fsp3) is 0.647. The Morgan fingerprint density at radius 3 is 3.14 bits per heavy atom. The lowest BCUT2D eigenvalue weighted by Crippen LogP contribution is -2.30. The van der Waals surface area contributed by atoms with Crippen LogP contribution in [0.2, 0.25) is 0 Å². The molecule has 1 aromatic heterocycles. The van der Waals surface area contributed by atoms with E-state index in [1.54, 1.807) is 4.68 Å². The number of allylic oxidation sites excluding steroid dienone is 1. The number of carbonyl (C=O) groups is 1. The van der Waals surface area contributed by atoms with Crippen LogP contribution in [0.3, 0.4) is 0 Å². The largest absolute Gasteiger partial charge is 0.351 e. The number of carbonyl (C=O) groups excluding carboxylic acids is 1. The van der Waals surface area contributed by atoms with Crippen LogP contribution in [0, 0.1) is 0 Å². The van der Waals surface area contributed by atoms with Crippen molar-refractivity contribution in [2.45, 2.75) is 51.0 Å².